The first-order chi connectivity index (χ1) is 8.77. The lowest BCUT2D eigenvalue weighted by molar-refractivity contribution is 0.512. The predicted octanol–water partition coefficient (Wildman–Crippen LogP) is 3.97. The zero-order chi connectivity index (χ0) is 12.8. The van der Waals surface area contributed by atoms with Gasteiger partial charge in [-0.3, -0.25) is 0 Å². The van der Waals surface area contributed by atoms with Gasteiger partial charge in [0.15, 0.2) is 0 Å². The van der Waals surface area contributed by atoms with E-state index in [0.29, 0.717) is 0 Å². The van der Waals surface area contributed by atoms with Crippen LogP contribution in [0.5, 0.6) is 0 Å². The summed E-state index contributed by atoms with van der Waals surface area (Å²) in [5.74, 6) is 1.19. The number of hydrogen-bond donors (Lipinski definition) is 1. The Labute approximate surface area is 107 Å². The van der Waals surface area contributed by atoms with Gasteiger partial charge < -0.3 is 0 Å². The first-order valence-electron chi connectivity index (χ1n) is 5.50. The molecule has 1 N–H and O–H groups in total. The highest BCUT2D eigenvalue weighted by Crippen LogP contribution is 2.23. The van der Waals surface area contributed by atoms with Gasteiger partial charge >= 0.3 is 8.03 Å². The molecule has 2 aromatic carbocycles. The fourth-order valence-corrected chi connectivity index (χ4v) is 1.90. The highest BCUT2D eigenvalue weighted by molar-refractivity contribution is 7.41. The van der Waals surface area contributed by atoms with Crippen molar-refractivity contribution in [1.29, 1.82) is 0 Å². The fourth-order valence-electron chi connectivity index (χ4n) is 1.66. The molecule has 0 spiro atoms. The van der Waals surface area contributed by atoms with Crippen LogP contribution in [0.1, 0.15) is 11.1 Å². The maximum absolute atomic E-state index is 10.8. The van der Waals surface area contributed by atoms with E-state index in [4.69, 9.17) is 4.89 Å². The summed E-state index contributed by atoms with van der Waals surface area (Å²) < 4.78 is 10.8. The zero-order valence-corrected chi connectivity index (χ0v) is 10.5. The summed E-state index contributed by atoms with van der Waals surface area (Å²) >= 11 is 0. The van der Waals surface area contributed by atoms with Crippen molar-refractivity contribution in [3.05, 3.63) is 83.3 Å². The topological polar surface area (TPSA) is 37.3 Å². The predicted molar refractivity (Wildman–Crippen MR) is 73.3 cm³/mol. The Kier molecular flexibility index (Phi) is 4.22. The summed E-state index contributed by atoms with van der Waals surface area (Å²) in [5, 5.41) is 0. The second-order valence-electron chi connectivity index (χ2n) is 3.68. The quantitative estimate of drug-likeness (QED) is 0.665. The van der Waals surface area contributed by atoms with Crippen LogP contribution >= 0.6 is 8.03 Å². The van der Waals surface area contributed by atoms with E-state index in [1.165, 1.54) is 5.82 Å². The molecule has 2 rings (SSSR count). The molecule has 0 fully saturated rings. The highest BCUT2D eigenvalue weighted by Gasteiger charge is 2.06. The second-order valence-corrected chi connectivity index (χ2v) is 4.55. The molecule has 18 heavy (non-hydrogen) atoms. The van der Waals surface area contributed by atoms with Gasteiger partial charge in [0.2, 0.25) is 5.82 Å². The van der Waals surface area contributed by atoms with Crippen LogP contribution in [0.25, 0.3) is 5.57 Å². The maximum atomic E-state index is 10.8. The van der Waals surface area contributed by atoms with Crippen LogP contribution in [0.3, 0.4) is 0 Å². The molecule has 0 aromatic heterocycles. The van der Waals surface area contributed by atoms with Gasteiger partial charge in [-0.2, -0.15) is 4.89 Å². The van der Waals surface area contributed by atoms with Crippen LogP contribution in [0.2, 0.25) is 0 Å². The smallest absolute Gasteiger partial charge is 0.156 e. The molecule has 0 aliphatic rings. The minimum atomic E-state index is -2.32. The Morgan fingerprint density at radius 1 is 0.944 bits per heavy atom. The maximum Gasteiger partial charge on any atom is 0.546 e. The first kappa shape index (κ1) is 12.5. The Morgan fingerprint density at radius 3 is 1.78 bits per heavy atom. The lowest BCUT2D eigenvalue weighted by Crippen LogP contribution is -1.85. The Hall–Kier alpha value is -1.98. The van der Waals surface area contributed by atoms with Crippen molar-refractivity contribution in [2.24, 2.45) is 0 Å². The summed E-state index contributed by atoms with van der Waals surface area (Å²) in [5.41, 5.74) is 5.66. The van der Waals surface area contributed by atoms with Crippen molar-refractivity contribution >= 4 is 13.6 Å². The van der Waals surface area contributed by atoms with Gasteiger partial charge in [-0.05, 0) is 15.7 Å². The standard InChI is InChI=1S/C15H11O2P/c16-18(17)12-11-15(13-7-3-1-4-8-13)14-9-5-2-6-10-14/h1-10,12H/p+1. The van der Waals surface area contributed by atoms with Crippen molar-refractivity contribution in [1.82, 2.24) is 0 Å². The molecule has 0 amide bonds. The lowest BCUT2D eigenvalue weighted by atomic mass is 9.99. The Morgan fingerprint density at radius 2 is 1.39 bits per heavy atom. The van der Waals surface area contributed by atoms with Gasteiger partial charge in [0.05, 0.1) is 0 Å². The highest BCUT2D eigenvalue weighted by atomic mass is 31.1. The molecule has 88 valence electrons. The van der Waals surface area contributed by atoms with E-state index in [0.717, 1.165) is 16.7 Å². The van der Waals surface area contributed by atoms with Gasteiger partial charge in [-0.25, -0.2) is 0 Å². The van der Waals surface area contributed by atoms with E-state index in [-0.39, 0.29) is 0 Å². The molecule has 0 aliphatic carbocycles. The van der Waals surface area contributed by atoms with E-state index in [2.05, 4.69) is 5.73 Å². The van der Waals surface area contributed by atoms with Crippen molar-refractivity contribution in [3.8, 4) is 0 Å². The summed E-state index contributed by atoms with van der Waals surface area (Å²) in [7, 11) is -2.32. The molecule has 0 radical (unpaired) electrons. The summed E-state index contributed by atoms with van der Waals surface area (Å²) in [6.45, 7) is 0. The van der Waals surface area contributed by atoms with E-state index < -0.39 is 8.03 Å². The largest absolute Gasteiger partial charge is 0.546 e. The van der Waals surface area contributed by atoms with E-state index in [9.17, 15) is 4.57 Å². The average molecular weight is 255 g/mol. The molecule has 1 unspecified atom stereocenters. The number of benzene rings is 2. The van der Waals surface area contributed by atoms with Crippen LogP contribution in [-0.4, -0.2) is 4.89 Å². The number of rotatable bonds is 3. The molecule has 2 nitrogen and oxygen atoms in total. The van der Waals surface area contributed by atoms with Crippen molar-refractivity contribution in [2.45, 2.75) is 0 Å². The summed E-state index contributed by atoms with van der Waals surface area (Å²) in [6, 6.07) is 19.4. The molecule has 2 aromatic rings. The minimum Gasteiger partial charge on any atom is -0.156 e. The molecular weight excluding hydrogens is 243 g/mol. The average Bonchev–Trinajstić information content (AvgIpc) is 2.41. The molecule has 1 atom stereocenters. The van der Waals surface area contributed by atoms with Gasteiger partial charge in [0, 0.05) is 5.57 Å². The van der Waals surface area contributed by atoms with Gasteiger partial charge in [0.25, 0.3) is 0 Å². The second kappa shape index (κ2) is 6.09. The van der Waals surface area contributed by atoms with E-state index >= 15 is 0 Å². The fraction of sp³-hybridized carbons (Fsp3) is 0. The van der Waals surface area contributed by atoms with Crippen LogP contribution < -0.4 is 0 Å². The zero-order valence-electron chi connectivity index (χ0n) is 9.65. The first-order valence-corrected chi connectivity index (χ1v) is 6.78. The van der Waals surface area contributed by atoms with Crippen LogP contribution in [0.4, 0.5) is 0 Å². The van der Waals surface area contributed by atoms with Crippen LogP contribution in [-0.2, 0) is 4.57 Å². The SMILES string of the molecule is O=[P+](O)C=C=C(c1ccccc1)c1ccccc1. The van der Waals surface area contributed by atoms with E-state index in [1.807, 2.05) is 60.7 Å². The number of hydrogen-bond acceptors (Lipinski definition) is 1. The molecule has 0 saturated heterocycles. The third-order valence-electron chi connectivity index (χ3n) is 2.44. The molecular formula is C15H12O2P+. The van der Waals surface area contributed by atoms with Crippen LogP contribution in [0, 0.1) is 0 Å². The Bertz CT molecular complexity index is 555. The lowest BCUT2D eigenvalue weighted by Gasteiger charge is -2.04. The summed E-state index contributed by atoms with van der Waals surface area (Å²) in [6.07, 6.45) is 0. The molecule has 0 aliphatic heterocycles. The summed E-state index contributed by atoms with van der Waals surface area (Å²) in [4.78, 5) is 8.87. The molecule has 0 bridgehead atoms. The van der Waals surface area contributed by atoms with Gasteiger partial charge in [0.1, 0.15) is 0 Å². The van der Waals surface area contributed by atoms with Crippen molar-refractivity contribution in [2.75, 3.05) is 0 Å². The monoisotopic (exact) mass is 255 g/mol. The molecule has 0 heterocycles. The van der Waals surface area contributed by atoms with Gasteiger partial charge in [-0.15, -0.1) is 0 Å². The van der Waals surface area contributed by atoms with E-state index in [1.54, 1.807) is 0 Å². The third-order valence-corrected chi connectivity index (χ3v) is 2.79. The molecule has 3 heteroatoms. The van der Waals surface area contributed by atoms with Crippen LogP contribution in [0.15, 0.2) is 72.2 Å². The normalized spacial score (nSPS) is 10.4. The van der Waals surface area contributed by atoms with Crippen molar-refractivity contribution in [3.63, 3.8) is 0 Å². The Balaban J connectivity index is 2.56. The molecule has 0 saturated carbocycles. The third kappa shape index (κ3) is 3.26. The minimum absolute atomic E-state index is 0.814. The van der Waals surface area contributed by atoms with Gasteiger partial charge in [-0.1, -0.05) is 66.4 Å². The van der Waals surface area contributed by atoms with Crippen molar-refractivity contribution < 1.29 is 9.46 Å².